The van der Waals surface area contributed by atoms with E-state index in [1.165, 1.54) is 133 Å². The van der Waals surface area contributed by atoms with Crippen molar-refractivity contribution in [2.24, 2.45) is 0 Å². The van der Waals surface area contributed by atoms with Gasteiger partial charge in [-0.25, -0.2) is 38.7 Å². The van der Waals surface area contributed by atoms with E-state index in [4.69, 9.17) is 19.6 Å². The zero-order chi connectivity index (χ0) is 62.4. The van der Waals surface area contributed by atoms with Gasteiger partial charge in [-0.2, -0.15) is 0 Å². The third-order valence-corrected chi connectivity index (χ3v) is 13.3. The molecule has 22 heteroatoms. The molecular formula is C66H40N4O18. The first kappa shape index (κ1) is 59.6. The topological polar surface area (TPSA) is 312 Å². The number of ketones is 2. The largest absolute Gasteiger partial charge is 0.386 e. The highest BCUT2D eigenvalue weighted by molar-refractivity contribution is 6.15. The monoisotopic (exact) mass is 1180 g/mol. The van der Waals surface area contributed by atoms with Gasteiger partial charge in [0.25, 0.3) is 22.7 Å². The maximum absolute atomic E-state index is 13.8. The van der Waals surface area contributed by atoms with Crippen molar-refractivity contribution in [1.82, 2.24) is 0 Å². The number of benzene rings is 10. The second kappa shape index (κ2) is 26.9. The smallest absolute Gasteiger partial charge is 0.289 e. The Morgan fingerprint density at radius 3 is 0.875 bits per heavy atom. The van der Waals surface area contributed by atoms with Crippen molar-refractivity contribution in [1.29, 1.82) is 0 Å². The van der Waals surface area contributed by atoms with E-state index < -0.39 is 55.1 Å². The third-order valence-electron chi connectivity index (χ3n) is 13.3. The van der Waals surface area contributed by atoms with Gasteiger partial charge in [0.05, 0.1) is 41.9 Å². The predicted molar refractivity (Wildman–Crippen MR) is 320 cm³/mol. The van der Waals surface area contributed by atoms with Gasteiger partial charge in [0.2, 0.25) is 0 Å². The molecule has 0 aromatic heterocycles. The molecule has 0 aliphatic rings. The molecule has 0 radical (unpaired) electrons. The van der Waals surface area contributed by atoms with Crippen molar-refractivity contribution in [2.45, 2.75) is 0 Å². The van der Waals surface area contributed by atoms with Crippen LogP contribution in [0.4, 0.5) is 22.7 Å². The summed E-state index contributed by atoms with van der Waals surface area (Å²) in [5.74, 6) is -5.27. The lowest BCUT2D eigenvalue weighted by molar-refractivity contribution is -0.385. The van der Waals surface area contributed by atoms with Crippen molar-refractivity contribution >= 4 is 104 Å². The zero-order valence-corrected chi connectivity index (χ0v) is 45.2. The third kappa shape index (κ3) is 13.9. The fraction of sp³-hybridized carbons (Fsp3) is 0. The summed E-state index contributed by atoms with van der Waals surface area (Å²) in [6, 6.07) is 53.5. The molecule has 0 heterocycles. The van der Waals surface area contributed by atoms with Crippen LogP contribution in [0.15, 0.2) is 218 Å². The fourth-order valence-electron chi connectivity index (χ4n) is 8.93. The van der Waals surface area contributed by atoms with Gasteiger partial charge in [0.1, 0.15) is 0 Å². The molecule has 432 valence electrons. The van der Waals surface area contributed by atoms with Crippen LogP contribution in [0.25, 0.3) is 45.8 Å². The lowest BCUT2D eigenvalue weighted by Gasteiger charge is -2.12. The molecule has 0 unspecified atom stereocenters. The molecule has 22 nitrogen and oxygen atoms in total. The van der Waals surface area contributed by atoms with E-state index in [-0.39, 0.29) is 67.3 Å². The molecule has 0 saturated heterocycles. The quantitative estimate of drug-likeness (QED) is 0.0285. The number of rotatable bonds is 16. The maximum atomic E-state index is 13.8. The number of carbonyl (C=O) groups excluding carboxylic acids is 6. The van der Waals surface area contributed by atoms with Crippen LogP contribution in [0, 0.1) is 40.5 Å². The molecule has 0 aliphatic heterocycles. The summed E-state index contributed by atoms with van der Waals surface area (Å²) in [6.45, 7) is 0. The highest BCUT2D eigenvalue weighted by Gasteiger charge is 2.26. The van der Waals surface area contributed by atoms with Crippen molar-refractivity contribution < 1.29 is 68.0 Å². The molecule has 88 heavy (non-hydrogen) atoms. The summed E-state index contributed by atoms with van der Waals surface area (Å²) in [7, 11) is 0. The van der Waals surface area contributed by atoms with Crippen molar-refractivity contribution in [3.05, 3.63) is 326 Å². The Morgan fingerprint density at radius 2 is 0.545 bits per heavy atom. The summed E-state index contributed by atoms with van der Waals surface area (Å²) in [5, 5.41) is 48.0. The molecule has 0 bridgehead atoms. The molecule has 0 amide bonds. The van der Waals surface area contributed by atoms with Crippen LogP contribution < -0.4 is 0 Å². The number of nitro benzene ring substituents is 4. The Balaban J connectivity index is 0.000000292. The number of carbonyl (C=O) groups is 6. The second-order valence-electron chi connectivity index (χ2n) is 18.7. The molecular weight excluding hydrogens is 1140 g/mol. The summed E-state index contributed by atoms with van der Waals surface area (Å²) < 4.78 is 0. The van der Waals surface area contributed by atoms with Crippen LogP contribution in [0.3, 0.4) is 0 Å². The fourth-order valence-corrected chi connectivity index (χ4v) is 8.93. The van der Waals surface area contributed by atoms with Gasteiger partial charge in [-0.1, -0.05) is 121 Å². The van der Waals surface area contributed by atoms with Gasteiger partial charge in [0, 0.05) is 81.9 Å². The van der Waals surface area contributed by atoms with E-state index >= 15 is 0 Å². The molecule has 0 saturated carbocycles. The SMILES string of the molecule is O=C(OOC(=O)c1cccc(C(=O)c2ccc([N+](=O)[O-])cc2)c1C=Cc1ccc([N+](=O)[O-])cc1)c1cccc(C(=O)c2ccc([N+](=O)[O-])cc2)c1C=Cc1ccc([N+](=O)[O-])cc1.O=C(OOC(=O)c1cccc2ccccc12)c1cccc2ccccc12. The average molecular weight is 1180 g/mol. The molecule has 0 fully saturated rings. The van der Waals surface area contributed by atoms with Crippen molar-refractivity contribution in [3.63, 3.8) is 0 Å². The highest BCUT2D eigenvalue weighted by Crippen LogP contribution is 2.29. The lowest BCUT2D eigenvalue weighted by Crippen LogP contribution is -2.16. The zero-order valence-electron chi connectivity index (χ0n) is 45.2. The van der Waals surface area contributed by atoms with E-state index in [1.807, 2.05) is 60.7 Å². The molecule has 0 atom stereocenters. The van der Waals surface area contributed by atoms with Gasteiger partial charge in [-0.15, -0.1) is 0 Å². The van der Waals surface area contributed by atoms with Crippen LogP contribution in [-0.2, 0) is 19.6 Å². The summed E-state index contributed by atoms with van der Waals surface area (Å²) in [6.07, 6.45) is 5.61. The second-order valence-corrected chi connectivity index (χ2v) is 18.7. The van der Waals surface area contributed by atoms with Gasteiger partial charge in [0.15, 0.2) is 11.6 Å². The van der Waals surface area contributed by atoms with Gasteiger partial charge < -0.3 is 0 Å². The Kier molecular flexibility index (Phi) is 18.3. The highest BCUT2D eigenvalue weighted by atomic mass is 17.2. The summed E-state index contributed by atoms with van der Waals surface area (Å²) in [4.78, 5) is 142. The first-order chi connectivity index (χ1) is 42.4. The Labute approximate surface area is 495 Å². The first-order valence-corrected chi connectivity index (χ1v) is 26.0. The molecule has 10 aromatic rings. The van der Waals surface area contributed by atoms with E-state index in [9.17, 15) is 69.2 Å². The van der Waals surface area contributed by atoms with Gasteiger partial charge in [-0.05, 0) is 105 Å². The van der Waals surface area contributed by atoms with E-state index in [1.54, 1.807) is 24.3 Å². The maximum Gasteiger partial charge on any atom is 0.386 e. The van der Waals surface area contributed by atoms with Crippen molar-refractivity contribution in [3.8, 4) is 0 Å². The van der Waals surface area contributed by atoms with Gasteiger partial charge in [-0.3, -0.25) is 50.0 Å². The number of non-ortho nitro benzene ring substituents is 4. The van der Waals surface area contributed by atoms with Crippen LogP contribution >= 0.6 is 0 Å². The van der Waals surface area contributed by atoms with E-state index in [0.29, 0.717) is 22.3 Å². The Hall–Kier alpha value is -13.0. The van der Waals surface area contributed by atoms with Crippen LogP contribution in [0.1, 0.15) is 95.5 Å². The number of hydrogen-bond acceptors (Lipinski definition) is 18. The van der Waals surface area contributed by atoms with E-state index in [0.717, 1.165) is 45.8 Å². The lowest BCUT2D eigenvalue weighted by atomic mass is 9.93. The van der Waals surface area contributed by atoms with Crippen LogP contribution in [-0.4, -0.2) is 55.1 Å². The van der Waals surface area contributed by atoms with E-state index in [2.05, 4.69) is 0 Å². The summed E-state index contributed by atoms with van der Waals surface area (Å²) >= 11 is 0. The number of fused-ring (bicyclic) bond motifs is 2. The van der Waals surface area contributed by atoms with Crippen LogP contribution in [0.2, 0.25) is 0 Å². The first-order valence-electron chi connectivity index (χ1n) is 26.0. The predicted octanol–water partition coefficient (Wildman–Crippen LogP) is 14.0. The van der Waals surface area contributed by atoms with Crippen LogP contribution in [0.5, 0.6) is 0 Å². The minimum atomic E-state index is -1.26. The molecule has 0 aliphatic carbocycles. The average Bonchev–Trinajstić information content (AvgIpc) is 2.95. The number of hydrogen-bond donors (Lipinski definition) is 0. The summed E-state index contributed by atoms with van der Waals surface area (Å²) in [5.41, 5.74) is -0.149. The minimum Gasteiger partial charge on any atom is -0.289 e. The Bertz CT molecular complexity index is 4210. The normalized spacial score (nSPS) is 10.8. The molecule has 0 N–H and O–H groups in total. The number of nitrogens with zero attached hydrogens (tertiary/aromatic N) is 4. The van der Waals surface area contributed by atoms with Crippen molar-refractivity contribution in [2.75, 3.05) is 0 Å². The standard InChI is InChI=1S/C44H26N4O14.C22H14O4/c49-41(29-13-21-33(22-14-29)47(57)58)37-3-1-5-39(35(37)25-11-27-7-17-31(18-8-27)45(53)54)43(51)61-62-44(52)40-6-2-4-38(42(50)30-15-23-34(24-16-30)48(59)60)36(40)26-12-28-9-19-32(20-10-28)46(55)56;23-21(19-13-5-9-15-7-1-3-11-17(15)19)25-26-22(24)20-14-6-10-16-8-2-4-12-18(16)20/h1-26H;1-14H. The Morgan fingerprint density at radius 1 is 0.284 bits per heavy atom. The molecule has 10 rings (SSSR count). The molecule has 0 spiro atoms. The molecule has 10 aromatic carbocycles. The minimum absolute atomic E-state index is 0.0231. The number of nitro groups is 4. The van der Waals surface area contributed by atoms with Gasteiger partial charge >= 0.3 is 23.9 Å².